The summed E-state index contributed by atoms with van der Waals surface area (Å²) in [6.45, 7) is 6.13. The van der Waals surface area contributed by atoms with Crippen molar-refractivity contribution in [3.05, 3.63) is 30.1 Å². The number of halogens is 1. The van der Waals surface area contributed by atoms with Crippen LogP contribution < -0.4 is 10.6 Å². The second-order valence-corrected chi connectivity index (χ2v) is 6.36. The minimum atomic E-state index is -0.115. The number of anilines is 1. The maximum atomic E-state index is 14.1. The molecule has 2 N–H and O–H groups in total. The van der Waals surface area contributed by atoms with Gasteiger partial charge in [-0.25, -0.2) is 4.39 Å². The molecule has 1 aliphatic rings. The van der Waals surface area contributed by atoms with Gasteiger partial charge in [0.25, 0.3) is 0 Å². The van der Waals surface area contributed by atoms with Crippen LogP contribution in [0, 0.1) is 17.7 Å². The normalized spacial score (nSPS) is 26.5. The SMILES string of the molecule is CC1CC(C)CC(N(CCCN)c2ccccc2F)C1. The van der Waals surface area contributed by atoms with Crippen LogP contribution in [0.15, 0.2) is 24.3 Å². The van der Waals surface area contributed by atoms with E-state index in [0.717, 1.165) is 43.3 Å². The van der Waals surface area contributed by atoms with Crippen LogP contribution in [-0.4, -0.2) is 19.1 Å². The standard InChI is InChI=1S/C17H27FN2/c1-13-10-14(2)12-15(11-13)20(9-5-8-19)17-7-4-3-6-16(17)18/h3-4,6-7,13-15H,5,8-12,19H2,1-2H3. The van der Waals surface area contributed by atoms with Crippen LogP contribution in [0.3, 0.4) is 0 Å². The highest BCUT2D eigenvalue weighted by atomic mass is 19.1. The number of nitrogens with two attached hydrogens (primary N) is 1. The van der Waals surface area contributed by atoms with E-state index in [0.29, 0.717) is 12.6 Å². The predicted octanol–water partition coefficient (Wildman–Crippen LogP) is 3.81. The molecule has 2 atom stereocenters. The van der Waals surface area contributed by atoms with Crippen molar-refractivity contribution in [3.8, 4) is 0 Å². The number of para-hydroxylation sites is 1. The van der Waals surface area contributed by atoms with Gasteiger partial charge in [0.05, 0.1) is 5.69 Å². The third-order valence-electron chi connectivity index (χ3n) is 4.36. The molecule has 1 aliphatic carbocycles. The van der Waals surface area contributed by atoms with Crippen molar-refractivity contribution >= 4 is 5.69 Å². The Morgan fingerprint density at radius 2 is 1.80 bits per heavy atom. The molecule has 0 aliphatic heterocycles. The molecule has 0 bridgehead atoms. The predicted molar refractivity (Wildman–Crippen MR) is 83.4 cm³/mol. The van der Waals surface area contributed by atoms with E-state index in [-0.39, 0.29) is 5.82 Å². The first kappa shape index (κ1) is 15.3. The number of benzene rings is 1. The van der Waals surface area contributed by atoms with Crippen LogP contribution in [0.4, 0.5) is 10.1 Å². The largest absolute Gasteiger partial charge is 0.366 e. The van der Waals surface area contributed by atoms with Crippen LogP contribution in [-0.2, 0) is 0 Å². The maximum absolute atomic E-state index is 14.1. The lowest BCUT2D eigenvalue weighted by Crippen LogP contribution is -2.42. The van der Waals surface area contributed by atoms with Gasteiger partial charge >= 0.3 is 0 Å². The number of hydrogen-bond donors (Lipinski definition) is 1. The summed E-state index contributed by atoms with van der Waals surface area (Å²) in [5.74, 6) is 1.32. The minimum absolute atomic E-state index is 0.115. The van der Waals surface area contributed by atoms with Crippen LogP contribution in [0.1, 0.15) is 39.5 Å². The van der Waals surface area contributed by atoms with Gasteiger partial charge in [-0.15, -0.1) is 0 Å². The Morgan fingerprint density at radius 3 is 2.40 bits per heavy atom. The van der Waals surface area contributed by atoms with Crippen LogP contribution in [0.2, 0.25) is 0 Å². The molecular weight excluding hydrogens is 251 g/mol. The first-order valence-electron chi connectivity index (χ1n) is 7.83. The summed E-state index contributed by atoms with van der Waals surface area (Å²) < 4.78 is 14.1. The van der Waals surface area contributed by atoms with Crippen LogP contribution in [0.5, 0.6) is 0 Å². The summed E-state index contributed by atoms with van der Waals surface area (Å²) in [6, 6.07) is 7.57. The van der Waals surface area contributed by atoms with Gasteiger partial charge in [-0.1, -0.05) is 26.0 Å². The van der Waals surface area contributed by atoms with Crippen molar-refractivity contribution in [2.24, 2.45) is 17.6 Å². The zero-order chi connectivity index (χ0) is 14.5. The fraction of sp³-hybridized carbons (Fsp3) is 0.647. The van der Waals surface area contributed by atoms with Crippen molar-refractivity contribution in [1.29, 1.82) is 0 Å². The first-order valence-corrected chi connectivity index (χ1v) is 7.83. The van der Waals surface area contributed by atoms with E-state index in [1.807, 2.05) is 12.1 Å². The summed E-state index contributed by atoms with van der Waals surface area (Å²) in [4.78, 5) is 2.26. The highest BCUT2D eigenvalue weighted by Crippen LogP contribution is 2.34. The minimum Gasteiger partial charge on any atom is -0.366 e. The molecule has 3 heteroatoms. The number of hydrogen-bond acceptors (Lipinski definition) is 2. The average molecular weight is 278 g/mol. The second-order valence-electron chi connectivity index (χ2n) is 6.36. The summed E-state index contributed by atoms with van der Waals surface area (Å²) in [5.41, 5.74) is 6.40. The fourth-order valence-electron chi connectivity index (χ4n) is 3.60. The molecule has 2 unspecified atom stereocenters. The highest BCUT2D eigenvalue weighted by Gasteiger charge is 2.29. The molecule has 20 heavy (non-hydrogen) atoms. The zero-order valence-corrected chi connectivity index (χ0v) is 12.7. The quantitative estimate of drug-likeness (QED) is 0.887. The number of rotatable bonds is 5. The second kappa shape index (κ2) is 7.07. The fourth-order valence-corrected chi connectivity index (χ4v) is 3.60. The first-order chi connectivity index (χ1) is 9.61. The van der Waals surface area contributed by atoms with E-state index >= 15 is 0 Å². The molecule has 2 rings (SSSR count). The average Bonchev–Trinajstić information content (AvgIpc) is 2.40. The van der Waals surface area contributed by atoms with Gasteiger partial charge in [-0.3, -0.25) is 0 Å². The van der Waals surface area contributed by atoms with Crippen molar-refractivity contribution in [1.82, 2.24) is 0 Å². The molecule has 1 aromatic rings. The van der Waals surface area contributed by atoms with Gasteiger partial charge in [0.2, 0.25) is 0 Å². The summed E-state index contributed by atoms with van der Waals surface area (Å²) in [6.07, 6.45) is 4.51. The van der Waals surface area contributed by atoms with Crippen LogP contribution in [0.25, 0.3) is 0 Å². The molecule has 1 fully saturated rings. The molecular formula is C17H27FN2. The van der Waals surface area contributed by atoms with Gasteiger partial charge in [-0.05, 0) is 56.2 Å². The molecule has 112 valence electrons. The van der Waals surface area contributed by atoms with Gasteiger partial charge < -0.3 is 10.6 Å². The van der Waals surface area contributed by atoms with E-state index in [9.17, 15) is 4.39 Å². The van der Waals surface area contributed by atoms with E-state index in [4.69, 9.17) is 5.73 Å². The molecule has 0 saturated heterocycles. The third-order valence-corrected chi connectivity index (χ3v) is 4.36. The Labute approximate surface area is 122 Å². The van der Waals surface area contributed by atoms with Gasteiger partial charge in [0.15, 0.2) is 0 Å². The monoisotopic (exact) mass is 278 g/mol. The number of nitrogens with zero attached hydrogens (tertiary/aromatic N) is 1. The molecule has 0 amide bonds. The Kier molecular flexibility index (Phi) is 5.41. The molecule has 2 nitrogen and oxygen atoms in total. The maximum Gasteiger partial charge on any atom is 0.146 e. The lowest BCUT2D eigenvalue weighted by molar-refractivity contribution is 0.258. The molecule has 1 aromatic carbocycles. The van der Waals surface area contributed by atoms with Crippen molar-refractivity contribution < 1.29 is 4.39 Å². The van der Waals surface area contributed by atoms with E-state index in [2.05, 4.69) is 18.7 Å². The Morgan fingerprint density at radius 1 is 1.15 bits per heavy atom. The molecule has 1 saturated carbocycles. The summed E-state index contributed by atoms with van der Waals surface area (Å²) in [7, 11) is 0. The van der Waals surface area contributed by atoms with Crippen molar-refractivity contribution in [3.63, 3.8) is 0 Å². The lowest BCUT2D eigenvalue weighted by Gasteiger charge is -2.40. The van der Waals surface area contributed by atoms with E-state index < -0.39 is 0 Å². The molecule has 0 heterocycles. The Balaban J connectivity index is 2.20. The Bertz CT molecular complexity index is 411. The smallest absolute Gasteiger partial charge is 0.146 e. The van der Waals surface area contributed by atoms with Gasteiger partial charge in [-0.2, -0.15) is 0 Å². The third kappa shape index (κ3) is 3.72. The summed E-state index contributed by atoms with van der Waals surface area (Å²) >= 11 is 0. The zero-order valence-electron chi connectivity index (χ0n) is 12.7. The van der Waals surface area contributed by atoms with Crippen molar-refractivity contribution in [2.45, 2.75) is 45.6 Å². The van der Waals surface area contributed by atoms with Gasteiger partial charge in [0.1, 0.15) is 5.82 Å². The molecule has 0 aromatic heterocycles. The van der Waals surface area contributed by atoms with Gasteiger partial charge in [0, 0.05) is 12.6 Å². The molecule has 0 radical (unpaired) electrons. The van der Waals surface area contributed by atoms with E-state index in [1.165, 1.54) is 6.42 Å². The van der Waals surface area contributed by atoms with Crippen molar-refractivity contribution in [2.75, 3.05) is 18.0 Å². The van der Waals surface area contributed by atoms with Crippen LogP contribution >= 0.6 is 0 Å². The lowest BCUT2D eigenvalue weighted by atomic mass is 9.79. The highest BCUT2D eigenvalue weighted by molar-refractivity contribution is 5.48. The van der Waals surface area contributed by atoms with E-state index in [1.54, 1.807) is 12.1 Å². The summed E-state index contributed by atoms with van der Waals surface area (Å²) in [5, 5.41) is 0. The Hall–Kier alpha value is -1.09. The topological polar surface area (TPSA) is 29.3 Å². The molecule has 0 spiro atoms.